The van der Waals surface area contributed by atoms with E-state index >= 15 is 0 Å². The summed E-state index contributed by atoms with van der Waals surface area (Å²) < 4.78 is 0. The number of nitrogens with zero attached hydrogens (tertiary/aromatic N) is 2. The minimum absolute atomic E-state index is 0.0597. The van der Waals surface area contributed by atoms with Gasteiger partial charge >= 0.3 is 5.97 Å². The van der Waals surface area contributed by atoms with Gasteiger partial charge in [0.25, 0.3) is 0 Å². The van der Waals surface area contributed by atoms with Gasteiger partial charge in [-0.15, -0.1) is 11.3 Å². The van der Waals surface area contributed by atoms with Crippen LogP contribution in [0.2, 0.25) is 0 Å². The molecule has 0 radical (unpaired) electrons. The molecule has 1 aliphatic rings. The van der Waals surface area contributed by atoms with Crippen molar-refractivity contribution in [2.24, 2.45) is 5.16 Å². The Hall–Kier alpha value is -1.96. The first kappa shape index (κ1) is 12.5. The fraction of sp³-hybridized carbons (Fsp3) is 0.400. The Bertz CT molecular complexity index is 507. The second-order valence-electron chi connectivity index (χ2n) is 3.91. The Morgan fingerprint density at radius 1 is 1.67 bits per heavy atom. The Morgan fingerprint density at radius 2 is 2.39 bits per heavy atom. The quantitative estimate of drug-likeness (QED) is 0.461. The second-order valence-corrected chi connectivity index (χ2v) is 4.80. The second kappa shape index (κ2) is 4.73. The van der Waals surface area contributed by atoms with Gasteiger partial charge in [-0.3, -0.25) is 4.79 Å². The zero-order chi connectivity index (χ0) is 13.2. The van der Waals surface area contributed by atoms with E-state index < -0.39 is 11.6 Å². The minimum atomic E-state index is -1.30. The van der Waals surface area contributed by atoms with E-state index in [-0.39, 0.29) is 11.4 Å². The van der Waals surface area contributed by atoms with Crippen molar-refractivity contribution >= 4 is 34.4 Å². The van der Waals surface area contributed by atoms with Crippen molar-refractivity contribution in [2.45, 2.75) is 24.9 Å². The molecule has 0 unspecified atom stereocenters. The van der Waals surface area contributed by atoms with Gasteiger partial charge in [-0.1, -0.05) is 5.16 Å². The highest BCUT2D eigenvalue weighted by Crippen LogP contribution is 2.36. The van der Waals surface area contributed by atoms with E-state index in [9.17, 15) is 9.59 Å². The molecular formula is C10H11N3O4S. The molecule has 1 saturated carbocycles. The average Bonchev–Trinajstić information content (AvgIpc) is 2.68. The van der Waals surface area contributed by atoms with E-state index in [1.807, 2.05) is 0 Å². The maximum Gasteiger partial charge on any atom is 0.350 e. The molecule has 0 atom stereocenters. The summed E-state index contributed by atoms with van der Waals surface area (Å²) in [6.07, 6.45) is 2.00. The smallest absolute Gasteiger partial charge is 0.350 e. The van der Waals surface area contributed by atoms with Crippen LogP contribution < -0.4 is 5.73 Å². The lowest BCUT2D eigenvalue weighted by atomic mass is 9.80. The minimum Gasteiger partial charge on any atom is -0.478 e. The van der Waals surface area contributed by atoms with Crippen molar-refractivity contribution in [3.63, 3.8) is 0 Å². The van der Waals surface area contributed by atoms with Crippen LogP contribution in [-0.4, -0.2) is 33.7 Å². The first-order valence-electron chi connectivity index (χ1n) is 5.23. The van der Waals surface area contributed by atoms with Crippen molar-refractivity contribution in [3.05, 3.63) is 11.1 Å². The number of oxime groups is 1. The number of thiazole rings is 1. The molecule has 0 amide bonds. The molecule has 1 fully saturated rings. The number of aliphatic carboxylic acids is 1. The largest absolute Gasteiger partial charge is 0.478 e. The number of aldehydes is 1. The predicted octanol–water partition coefficient (Wildman–Crippen LogP) is 0.652. The summed E-state index contributed by atoms with van der Waals surface area (Å²) >= 11 is 1.16. The summed E-state index contributed by atoms with van der Waals surface area (Å²) in [6.45, 7) is 0. The molecule has 8 heteroatoms. The van der Waals surface area contributed by atoms with Gasteiger partial charge in [0.2, 0.25) is 5.60 Å². The first-order valence-corrected chi connectivity index (χ1v) is 6.11. The van der Waals surface area contributed by atoms with E-state index in [4.69, 9.17) is 15.7 Å². The molecule has 1 aliphatic carbocycles. The van der Waals surface area contributed by atoms with Gasteiger partial charge in [-0.05, 0) is 6.42 Å². The van der Waals surface area contributed by atoms with Gasteiger partial charge in [0.05, 0.1) is 0 Å². The Balaban J connectivity index is 2.16. The summed E-state index contributed by atoms with van der Waals surface area (Å²) in [7, 11) is 0. The lowest BCUT2D eigenvalue weighted by molar-refractivity contribution is -0.178. The van der Waals surface area contributed by atoms with Crippen LogP contribution in [0.3, 0.4) is 0 Å². The monoisotopic (exact) mass is 269 g/mol. The van der Waals surface area contributed by atoms with Crippen molar-refractivity contribution in [1.82, 2.24) is 4.98 Å². The third-order valence-electron chi connectivity index (χ3n) is 2.77. The van der Waals surface area contributed by atoms with Gasteiger partial charge in [0.15, 0.2) is 17.1 Å². The van der Waals surface area contributed by atoms with E-state index in [0.29, 0.717) is 24.3 Å². The highest BCUT2D eigenvalue weighted by molar-refractivity contribution is 7.13. The van der Waals surface area contributed by atoms with Gasteiger partial charge in [0.1, 0.15) is 5.69 Å². The summed E-state index contributed by atoms with van der Waals surface area (Å²) in [6, 6.07) is 0. The van der Waals surface area contributed by atoms with Crippen molar-refractivity contribution in [3.8, 4) is 0 Å². The van der Waals surface area contributed by atoms with Crippen molar-refractivity contribution < 1.29 is 19.5 Å². The number of anilines is 1. The van der Waals surface area contributed by atoms with Crippen LogP contribution in [0.15, 0.2) is 10.5 Å². The number of nitrogen functional groups attached to an aromatic ring is 1. The number of rotatable bonds is 5. The summed E-state index contributed by atoms with van der Waals surface area (Å²) in [5, 5.41) is 14.5. The van der Waals surface area contributed by atoms with E-state index in [1.165, 1.54) is 0 Å². The maximum absolute atomic E-state index is 11.0. The number of hydrogen-bond donors (Lipinski definition) is 2. The van der Waals surface area contributed by atoms with Crippen LogP contribution in [-0.2, 0) is 14.4 Å². The van der Waals surface area contributed by atoms with Crippen LogP contribution in [0.4, 0.5) is 5.13 Å². The number of aromatic nitrogens is 1. The van der Waals surface area contributed by atoms with Crippen LogP contribution in [0.5, 0.6) is 0 Å². The Labute approximate surface area is 106 Å². The highest BCUT2D eigenvalue weighted by Gasteiger charge is 2.48. The molecule has 1 aromatic rings. The standard InChI is InChI=1S/C10H11N3O4S/c11-9-12-7(5-18-9)6(4-14)13-17-10(8(15)16)2-1-3-10/h4-5H,1-3H2,(H2,11,12)(H,15,16)/b13-6+. The van der Waals surface area contributed by atoms with Gasteiger partial charge < -0.3 is 15.7 Å². The molecule has 0 aliphatic heterocycles. The molecule has 0 saturated heterocycles. The summed E-state index contributed by atoms with van der Waals surface area (Å²) in [5.41, 5.74) is 4.37. The third-order valence-corrected chi connectivity index (χ3v) is 3.44. The topological polar surface area (TPSA) is 115 Å². The Morgan fingerprint density at radius 3 is 2.78 bits per heavy atom. The number of nitrogens with two attached hydrogens (primary N) is 1. The molecule has 1 heterocycles. The lowest BCUT2D eigenvalue weighted by Crippen LogP contribution is -2.46. The molecule has 1 aromatic heterocycles. The molecule has 0 aromatic carbocycles. The lowest BCUT2D eigenvalue weighted by Gasteiger charge is -2.34. The van der Waals surface area contributed by atoms with Crippen LogP contribution in [0.25, 0.3) is 0 Å². The number of carboxylic acid groups (broad SMARTS) is 1. The van der Waals surface area contributed by atoms with Gasteiger partial charge in [-0.25, -0.2) is 9.78 Å². The fourth-order valence-corrected chi connectivity index (χ4v) is 2.07. The molecule has 0 spiro atoms. The van der Waals surface area contributed by atoms with Crippen LogP contribution in [0.1, 0.15) is 25.0 Å². The van der Waals surface area contributed by atoms with Gasteiger partial charge in [0, 0.05) is 18.2 Å². The number of hydrogen-bond acceptors (Lipinski definition) is 7. The Kier molecular flexibility index (Phi) is 3.28. The summed E-state index contributed by atoms with van der Waals surface area (Å²) in [4.78, 5) is 30.8. The van der Waals surface area contributed by atoms with E-state index in [0.717, 1.165) is 17.8 Å². The molecule has 2 rings (SSSR count). The van der Waals surface area contributed by atoms with E-state index in [1.54, 1.807) is 5.38 Å². The van der Waals surface area contributed by atoms with Crippen LogP contribution >= 0.6 is 11.3 Å². The molecule has 3 N–H and O–H groups in total. The normalized spacial score (nSPS) is 17.9. The van der Waals surface area contributed by atoms with Gasteiger partial charge in [-0.2, -0.15) is 0 Å². The number of carboxylic acids is 1. The summed E-state index contributed by atoms with van der Waals surface area (Å²) in [5.74, 6) is -1.07. The zero-order valence-electron chi connectivity index (χ0n) is 9.33. The van der Waals surface area contributed by atoms with E-state index in [2.05, 4.69) is 10.1 Å². The highest BCUT2D eigenvalue weighted by atomic mass is 32.1. The number of carbonyl (C=O) groups is 2. The first-order chi connectivity index (χ1) is 8.57. The molecular weight excluding hydrogens is 258 g/mol. The van der Waals surface area contributed by atoms with Crippen LogP contribution in [0, 0.1) is 0 Å². The average molecular weight is 269 g/mol. The van der Waals surface area contributed by atoms with Crippen molar-refractivity contribution in [2.75, 3.05) is 5.73 Å². The zero-order valence-corrected chi connectivity index (χ0v) is 10.1. The SMILES string of the molecule is Nc1nc(/C(C=O)=N/OC2(C(=O)O)CCC2)cs1. The number of carbonyl (C=O) groups excluding carboxylic acids is 1. The molecule has 18 heavy (non-hydrogen) atoms. The molecule has 0 bridgehead atoms. The fourth-order valence-electron chi connectivity index (χ4n) is 1.51. The third kappa shape index (κ3) is 2.19. The molecule has 7 nitrogen and oxygen atoms in total. The van der Waals surface area contributed by atoms with Crippen molar-refractivity contribution in [1.29, 1.82) is 0 Å². The maximum atomic E-state index is 11.0. The molecule has 96 valence electrons. The predicted molar refractivity (Wildman–Crippen MR) is 64.4 cm³/mol.